The maximum Gasteiger partial charge on any atom is 0.307 e. The van der Waals surface area contributed by atoms with E-state index in [1.165, 1.54) is 14.0 Å². The van der Waals surface area contributed by atoms with E-state index in [-0.39, 0.29) is 6.42 Å². The summed E-state index contributed by atoms with van der Waals surface area (Å²) in [5, 5.41) is 21.2. The van der Waals surface area contributed by atoms with E-state index in [0.29, 0.717) is 11.3 Å². The molecule has 0 radical (unpaired) electrons. The zero-order valence-electron chi connectivity index (χ0n) is 12.7. The number of carbonyl (C=O) groups excluding carboxylic acids is 2. The fourth-order valence-corrected chi connectivity index (χ4v) is 1.76. The molecule has 1 aromatic carbocycles. The molecule has 1 amide bonds. The topological polar surface area (TPSA) is 122 Å². The molecule has 0 unspecified atom stereocenters. The first-order chi connectivity index (χ1) is 10.4. The van der Waals surface area contributed by atoms with E-state index >= 15 is 0 Å². The van der Waals surface area contributed by atoms with Crippen molar-refractivity contribution in [2.24, 2.45) is 5.41 Å². The number of rotatable bonds is 7. The molecule has 122 valence electrons. The number of nitrogens with two attached hydrogens (primary N) is 1. The Hall–Kier alpha value is -2.12. The van der Waals surface area contributed by atoms with Crippen LogP contribution in [0.15, 0.2) is 24.3 Å². The zero-order chi connectivity index (χ0) is 16.8. The highest BCUT2D eigenvalue weighted by molar-refractivity contribution is 5.83. The fourth-order valence-electron chi connectivity index (χ4n) is 1.76. The maximum absolute atomic E-state index is 12.2. The SMILES string of the molecule is COC(=O)C[C@@H](NC(=O)C(C)(CO)CO)c1ccc(N)cc1. The Morgan fingerprint density at radius 1 is 1.27 bits per heavy atom. The van der Waals surface area contributed by atoms with E-state index in [1.54, 1.807) is 24.3 Å². The van der Waals surface area contributed by atoms with Gasteiger partial charge in [-0.25, -0.2) is 0 Å². The van der Waals surface area contributed by atoms with E-state index in [4.69, 9.17) is 5.73 Å². The van der Waals surface area contributed by atoms with Gasteiger partial charge in [-0.15, -0.1) is 0 Å². The average molecular weight is 310 g/mol. The molecule has 0 saturated carbocycles. The van der Waals surface area contributed by atoms with Crippen molar-refractivity contribution in [3.8, 4) is 0 Å². The van der Waals surface area contributed by atoms with Gasteiger partial charge in [-0.05, 0) is 24.6 Å². The lowest BCUT2D eigenvalue weighted by Gasteiger charge is -2.27. The summed E-state index contributed by atoms with van der Waals surface area (Å²) in [6.45, 7) is 0.407. The van der Waals surface area contributed by atoms with E-state index in [9.17, 15) is 19.8 Å². The molecule has 22 heavy (non-hydrogen) atoms. The van der Waals surface area contributed by atoms with Gasteiger partial charge < -0.3 is 26.0 Å². The highest BCUT2D eigenvalue weighted by atomic mass is 16.5. The Balaban J connectivity index is 2.98. The molecule has 5 N–H and O–H groups in total. The minimum atomic E-state index is -1.33. The number of nitrogens with one attached hydrogen (secondary N) is 1. The summed E-state index contributed by atoms with van der Waals surface area (Å²) in [5.41, 5.74) is 5.52. The quantitative estimate of drug-likeness (QED) is 0.415. The number of ether oxygens (including phenoxy) is 1. The summed E-state index contributed by atoms with van der Waals surface area (Å²) < 4.78 is 4.63. The maximum atomic E-state index is 12.2. The van der Waals surface area contributed by atoms with Gasteiger partial charge >= 0.3 is 5.97 Å². The van der Waals surface area contributed by atoms with Crippen LogP contribution in [0.1, 0.15) is 24.9 Å². The number of aliphatic hydroxyl groups excluding tert-OH is 2. The van der Waals surface area contributed by atoms with Crippen molar-refractivity contribution in [2.45, 2.75) is 19.4 Å². The van der Waals surface area contributed by atoms with E-state index in [0.717, 1.165) is 0 Å². The van der Waals surface area contributed by atoms with E-state index in [2.05, 4.69) is 10.1 Å². The van der Waals surface area contributed by atoms with Crippen molar-refractivity contribution in [3.63, 3.8) is 0 Å². The minimum Gasteiger partial charge on any atom is -0.469 e. The largest absolute Gasteiger partial charge is 0.469 e. The Morgan fingerprint density at radius 2 is 1.82 bits per heavy atom. The lowest BCUT2D eigenvalue weighted by Crippen LogP contribution is -2.45. The summed E-state index contributed by atoms with van der Waals surface area (Å²) in [6, 6.07) is 6.06. The number of esters is 1. The van der Waals surface area contributed by atoms with Crippen LogP contribution in [0, 0.1) is 5.41 Å². The van der Waals surface area contributed by atoms with Crippen LogP contribution in [0.5, 0.6) is 0 Å². The molecule has 7 nitrogen and oxygen atoms in total. The van der Waals surface area contributed by atoms with E-state index in [1.807, 2.05) is 0 Å². The average Bonchev–Trinajstić information content (AvgIpc) is 2.53. The van der Waals surface area contributed by atoms with Gasteiger partial charge in [-0.2, -0.15) is 0 Å². The monoisotopic (exact) mass is 310 g/mol. The third-order valence-electron chi connectivity index (χ3n) is 3.49. The Kier molecular flexibility index (Phi) is 6.33. The van der Waals surface area contributed by atoms with Gasteiger partial charge in [0.25, 0.3) is 0 Å². The van der Waals surface area contributed by atoms with Crippen molar-refractivity contribution in [1.82, 2.24) is 5.32 Å². The molecule has 1 aromatic rings. The van der Waals surface area contributed by atoms with Crippen LogP contribution in [0.25, 0.3) is 0 Å². The molecular weight excluding hydrogens is 288 g/mol. The smallest absolute Gasteiger partial charge is 0.307 e. The van der Waals surface area contributed by atoms with Crippen molar-refractivity contribution in [3.05, 3.63) is 29.8 Å². The number of amides is 1. The predicted octanol–water partition coefficient (Wildman–Crippen LogP) is -0.0199. The summed E-state index contributed by atoms with van der Waals surface area (Å²) in [6.07, 6.45) is -0.0703. The van der Waals surface area contributed by atoms with Gasteiger partial charge in [0.2, 0.25) is 5.91 Å². The molecule has 7 heteroatoms. The first-order valence-corrected chi connectivity index (χ1v) is 6.81. The zero-order valence-corrected chi connectivity index (χ0v) is 12.7. The third-order valence-corrected chi connectivity index (χ3v) is 3.49. The number of hydrogen-bond donors (Lipinski definition) is 4. The highest BCUT2D eigenvalue weighted by Gasteiger charge is 2.34. The number of benzene rings is 1. The molecule has 1 atom stereocenters. The molecule has 0 heterocycles. The highest BCUT2D eigenvalue weighted by Crippen LogP contribution is 2.22. The number of hydrogen-bond acceptors (Lipinski definition) is 6. The standard InChI is InChI=1S/C15H22N2O5/c1-15(8-18,9-19)14(21)17-12(7-13(20)22-2)10-3-5-11(16)6-4-10/h3-6,12,18-19H,7-9,16H2,1-2H3,(H,17,21)/t12-/m1/s1. The Morgan fingerprint density at radius 3 is 2.27 bits per heavy atom. The predicted molar refractivity (Wildman–Crippen MR) is 80.6 cm³/mol. The van der Waals surface area contributed by atoms with Crippen molar-refractivity contribution in [2.75, 3.05) is 26.1 Å². The van der Waals surface area contributed by atoms with Crippen LogP contribution < -0.4 is 11.1 Å². The van der Waals surface area contributed by atoms with Crippen LogP contribution in [0.4, 0.5) is 5.69 Å². The number of aliphatic hydroxyl groups is 2. The molecule has 0 spiro atoms. The van der Waals surface area contributed by atoms with Crippen molar-refractivity contribution in [1.29, 1.82) is 0 Å². The molecule has 0 fully saturated rings. The summed E-state index contributed by atoms with van der Waals surface area (Å²) >= 11 is 0. The first kappa shape index (κ1) is 17.9. The molecule has 0 aliphatic heterocycles. The molecule has 0 aliphatic rings. The van der Waals surface area contributed by atoms with Crippen LogP contribution in [-0.4, -0.2) is 42.4 Å². The lowest BCUT2D eigenvalue weighted by molar-refractivity contribution is -0.142. The molecule has 0 aliphatic carbocycles. The van der Waals surface area contributed by atoms with Crippen LogP contribution >= 0.6 is 0 Å². The molecule has 1 rings (SSSR count). The molecule has 0 bridgehead atoms. The molecule has 0 aromatic heterocycles. The van der Waals surface area contributed by atoms with Gasteiger partial charge in [0.1, 0.15) is 0 Å². The number of nitrogen functional groups attached to an aromatic ring is 1. The van der Waals surface area contributed by atoms with Crippen LogP contribution in [0.3, 0.4) is 0 Å². The second-order valence-electron chi connectivity index (χ2n) is 5.35. The molecule has 0 saturated heterocycles. The van der Waals surface area contributed by atoms with Crippen molar-refractivity contribution < 1.29 is 24.5 Å². The van der Waals surface area contributed by atoms with Gasteiger partial charge in [0, 0.05) is 5.69 Å². The fraction of sp³-hybridized carbons (Fsp3) is 0.467. The lowest BCUT2D eigenvalue weighted by atomic mass is 9.90. The Bertz CT molecular complexity index is 511. The second-order valence-corrected chi connectivity index (χ2v) is 5.35. The first-order valence-electron chi connectivity index (χ1n) is 6.81. The number of methoxy groups -OCH3 is 1. The number of carbonyl (C=O) groups is 2. The number of anilines is 1. The Labute approximate surface area is 129 Å². The summed E-state index contributed by atoms with van der Waals surface area (Å²) in [7, 11) is 1.26. The third kappa shape index (κ3) is 4.44. The van der Waals surface area contributed by atoms with Gasteiger partial charge in [0.15, 0.2) is 0 Å². The van der Waals surface area contributed by atoms with Gasteiger partial charge in [-0.1, -0.05) is 12.1 Å². The second kappa shape index (κ2) is 7.77. The normalized spacial score (nSPS) is 12.5. The van der Waals surface area contributed by atoms with Crippen LogP contribution in [-0.2, 0) is 14.3 Å². The molecular formula is C15H22N2O5. The summed E-state index contributed by atoms with van der Waals surface area (Å²) in [4.78, 5) is 23.8. The van der Waals surface area contributed by atoms with Gasteiger partial charge in [0.05, 0.1) is 38.2 Å². The van der Waals surface area contributed by atoms with Gasteiger partial charge in [-0.3, -0.25) is 9.59 Å². The summed E-state index contributed by atoms with van der Waals surface area (Å²) in [5.74, 6) is -1.04. The van der Waals surface area contributed by atoms with Crippen molar-refractivity contribution >= 4 is 17.6 Å². The minimum absolute atomic E-state index is 0.0703. The van der Waals surface area contributed by atoms with Crippen LogP contribution in [0.2, 0.25) is 0 Å². The van der Waals surface area contributed by atoms with E-state index < -0.39 is 36.5 Å².